The molecule has 1 aliphatic heterocycles. The summed E-state index contributed by atoms with van der Waals surface area (Å²) >= 11 is 5.91. The van der Waals surface area contributed by atoms with Gasteiger partial charge in [0.15, 0.2) is 0 Å². The molecular formula is C30H27BrIN3O2. The van der Waals surface area contributed by atoms with Crippen LogP contribution in [0.4, 0.5) is 5.69 Å². The molecule has 0 unspecified atom stereocenters. The molecule has 0 saturated carbocycles. The third-order valence-electron chi connectivity index (χ3n) is 6.15. The van der Waals surface area contributed by atoms with Crippen LogP contribution in [0, 0.1) is 14.9 Å². The average molecular weight is 668 g/mol. The number of anilines is 1. The second-order valence-electron chi connectivity index (χ2n) is 8.68. The third-order valence-corrected chi connectivity index (χ3v) is 7.46. The molecule has 1 saturated heterocycles. The van der Waals surface area contributed by atoms with E-state index in [0.29, 0.717) is 26.1 Å². The first-order valence-electron chi connectivity index (χ1n) is 12.0. The zero-order valence-corrected chi connectivity index (χ0v) is 24.1. The Morgan fingerprint density at radius 2 is 1.78 bits per heavy atom. The van der Waals surface area contributed by atoms with Crippen molar-refractivity contribution in [2.75, 3.05) is 31.1 Å². The van der Waals surface area contributed by atoms with Crippen molar-refractivity contribution in [3.63, 3.8) is 0 Å². The fourth-order valence-corrected chi connectivity index (χ4v) is 5.24. The lowest BCUT2D eigenvalue weighted by atomic mass is 10.0. The lowest BCUT2D eigenvalue weighted by molar-refractivity contribution is -0.126. The fourth-order valence-electron chi connectivity index (χ4n) is 4.25. The van der Waals surface area contributed by atoms with E-state index in [0.717, 1.165) is 45.7 Å². The predicted molar refractivity (Wildman–Crippen MR) is 160 cm³/mol. The molecule has 1 aliphatic rings. The second-order valence-corrected chi connectivity index (χ2v) is 10.8. The van der Waals surface area contributed by atoms with Gasteiger partial charge >= 0.3 is 0 Å². The van der Waals surface area contributed by atoms with Crippen LogP contribution in [0.2, 0.25) is 0 Å². The Morgan fingerprint density at radius 1 is 1.08 bits per heavy atom. The van der Waals surface area contributed by atoms with Crippen LogP contribution >= 0.6 is 38.5 Å². The minimum atomic E-state index is -0.240. The van der Waals surface area contributed by atoms with E-state index in [4.69, 9.17) is 4.74 Å². The highest BCUT2D eigenvalue weighted by Crippen LogP contribution is 2.33. The van der Waals surface area contributed by atoms with E-state index in [9.17, 15) is 10.1 Å². The normalized spacial score (nSPS) is 13.7. The maximum Gasteiger partial charge on any atom is 0.264 e. The summed E-state index contributed by atoms with van der Waals surface area (Å²) in [5.41, 5.74) is 4.04. The number of amides is 1. The SMILES string of the molecule is C=CCc1cc(/C=C(/C#N)C(=O)N2CCN(c3ccccc3)CC2)cc(Br)c1OCc1ccc(I)cc1. The van der Waals surface area contributed by atoms with Crippen molar-refractivity contribution in [2.24, 2.45) is 0 Å². The summed E-state index contributed by atoms with van der Waals surface area (Å²) in [6.07, 6.45) is 4.07. The predicted octanol–water partition coefficient (Wildman–Crippen LogP) is 6.62. The number of rotatable bonds is 8. The fraction of sp³-hybridized carbons (Fsp3) is 0.200. The number of benzene rings is 3. The first kappa shape index (κ1) is 27.0. The van der Waals surface area contributed by atoms with Crippen LogP contribution in [0.5, 0.6) is 5.75 Å². The van der Waals surface area contributed by atoms with Gasteiger partial charge in [0.2, 0.25) is 0 Å². The largest absolute Gasteiger partial charge is 0.487 e. The van der Waals surface area contributed by atoms with E-state index in [1.165, 1.54) is 3.57 Å². The Morgan fingerprint density at radius 3 is 2.43 bits per heavy atom. The minimum absolute atomic E-state index is 0.122. The van der Waals surface area contributed by atoms with Gasteiger partial charge in [0.1, 0.15) is 24.0 Å². The van der Waals surface area contributed by atoms with Gasteiger partial charge in [0, 0.05) is 35.4 Å². The number of piperazine rings is 1. The summed E-state index contributed by atoms with van der Waals surface area (Å²) in [5, 5.41) is 9.82. The number of carbonyl (C=O) groups excluding carboxylic acids is 1. The van der Waals surface area contributed by atoms with Crippen LogP contribution in [0.15, 0.2) is 89.4 Å². The minimum Gasteiger partial charge on any atom is -0.487 e. The molecular weight excluding hydrogens is 641 g/mol. The molecule has 3 aromatic carbocycles. The molecule has 1 heterocycles. The highest BCUT2D eigenvalue weighted by Gasteiger charge is 2.24. The number of para-hydroxylation sites is 1. The summed E-state index contributed by atoms with van der Waals surface area (Å²) in [7, 11) is 0. The highest BCUT2D eigenvalue weighted by atomic mass is 127. The smallest absolute Gasteiger partial charge is 0.264 e. The van der Waals surface area contributed by atoms with E-state index in [-0.39, 0.29) is 11.5 Å². The van der Waals surface area contributed by atoms with Crippen molar-refractivity contribution in [2.45, 2.75) is 13.0 Å². The molecule has 0 radical (unpaired) electrons. The van der Waals surface area contributed by atoms with Gasteiger partial charge in [-0.1, -0.05) is 36.4 Å². The maximum absolute atomic E-state index is 13.2. The molecule has 37 heavy (non-hydrogen) atoms. The number of nitrogens with zero attached hydrogens (tertiary/aromatic N) is 3. The lowest BCUT2D eigenvalue weighted by Gasteiger charge is -2.36. The van der Waals surface area contributed by atoms with Crippen LogP contribution in [0.1, 0.15) is 16.7 Å². The van der Waals surface area contributed by atoms with E-state index < -0.39 is 0 Å². The number of ether oxygens (including phenoxy) is 1. The number of hydrogen-bond donors (Lipinski definition) is 0. The number of allylic oxidation sites excluding steroid dienone is 1. The van der Waals surface area contributed by atoms with Gasteiger partial charge in [0.25, 0.3) is 5.91 Å². The molecule has 5 nitrogen and oxygen atoms in total. The molecule has 0 aromatic heterocycles. The van der Waals surface area contributed by atoms with E-state index in [1.54, 1.807) is 11.0 Å². The van der Waals surface area contributed by atoms with Crippen LogP contribution in [0.25, 0.3) is 6.08 Å². The van der Waals surface area contributed by atoms with Crippen molar-refractivity contribution < 1.29 is 9.53 Å². The standard InChI is InChI=1S/C30H27BrIN3O2/c1-2-6-24-17-23(19-28(31)29(24)37-21-22-9-11-26(32)12-10-22)18-25(20-33)30(36)35-15-13-34(14-16-35)27-7-4-3-5-8-27/h2-5,7-12,17-19H,1,6,13-16,21H2/b25-18-. The quantitative estimate of drug-likeness (QED) is 0.117. The summed E-state index contributed by atoms with van der Waals surface area (Å²) in [6, 6.07) is 24.3. The Bertz CT molecular complexity index is 1330. The van der Waals surface area contributed by atoms with Crippen molar-refractivity contribution in [3.05, 3.63) is 110 Å². The summed E-state index contributed by atoms with van der Waals surface area (Å²) in [5.74, 6) is 0.494. The van der Waals surface area contributed by atoms with Gasteiger partial charge in [0.05, 0.1) is 4.47 Å². The Hall–Kier alpha value is -3.09. The molecule has 4 rings (SSSR count). The van der Waals surface area contributed by atoms with Gasteiger partial charge in [-0.15, -0.1) is 6.58 Å². The Kier molecular flexibility index (Phi) is 9.42. The van der Waals surface area contributed by atoms with Crippen molar-refractivity contribution in [3.8, 4) is 11.8 Å². The molecule has 0 spiro atoms. The van der Waals surface area contributed by atoms with Crippen LogP contribution in [-0.2, 0) is 17.8 Å². The van der Waals surface area contributed by atoms with E-state index in [1.807, 2.05) is 48.5 Å². The maximum atomic E-state index is 13.2. The van der Waals surface area contributed by atoms with Crippen LogP contribution in [0.3, 0.4) is 0 Å². The van der Waals surface area contributed by atoms with Gasteiger partial charge in [-0.25, -0.2) is 0 Å². The molecule has 188 valence electrons. The molecule has 1 amide bonds. The molecule has 0 N–H and O–H groups in total. The Balaban J connectivity index is 1.49. The first-order chi connectivity index (χ1) is 18.0. The van der Waals surface area contributed by atoms with E-state index >= 15 is 0 Å². The number of hydrogen-bond acceptors (Lipinski definition) is 4. The monoisotopic (exact) mass is 667 g/mol. The van der Waals surface area contributed by atoms with Gasteiger partial charge < -0.3 is 14.5 Å². The Labute approximate surface area is 240 Å². The third kappa shape index (κ3) is 7.02. The van der Waals surface area contributed by atoms with Crippen LogP contribution < -0.4 is 9.64 Å². The highest BCUT2D eigenvalue weighted by molar-refractivity contribution is 14.1. The summed E-state index contributed by atoms with van der Waals surface area (Å²) in [6.45, 7) is 6.92. The second kappa shape index (κ2) is 12.9. The van der Waals surface area contributed by atoms with Gasteiger partial charge in [-0.3, -0.25) is 4.79 Å². The summed E-state index contributed by atoms with van der Waals surface area (Å²) < 4.78 is 8.10. The van der Waals surface area contributed by atoms with Crippen molar-refractivity contribution in [1.29, 1.82) is 5.26 Å². The first-order valence-corrected chi connectivity index (χ1v) is 13.9. The van der Waals surface area contributed by atoms with E-state index in [2.05, 4.69) is 80.3 Å². The number of carbonyl (C=O) groups is 1. The lowest BCUT2D eigenvalue weighted by Crippen LogP contribution is -2.49. The average Bonchev–Trinajstić information content (AvgIpc) is 2.92. The molecule has 1 fully saturated rings. The molecule has 0 aliphatic carbocycles. The number of halogens is 2. The molecule has 3 aromatic rings. The van der Waals surface area contributed by atoms with Gasteiger partial charge in [-0.05, 0) is 104 Å². The zero-order chi connectivity index (χ0) is 26.2. The molecule has 0 atom stereocenters. The zero-order valence-electron chi connectivity index (χ0n) is 20.4. The molecule has 7 heteroatoms. The van der Waals surface area contributed by atoms with Gasteiger partial charge in [-0.2, -0.15) is 5.26 Å². The topological polar surface area (TPSA) is 56.6 Å². The molecule has 0 bridgehead atoms. The van der Waals surface area contributed by atoms with Crippen LogP contribution in [-0.4, -0.2) is 37.0 Å². The van der Waals surface area contributed by atoms with Crippen molar-refractivity contribution >= 4 is 56.2 Å². The number of nitriles is 1. The summed E-state index contributed by atoms with van der Waals surface area (Å²) in [4.78, 5) is 17.2. The van der Waals surface area contributed by atoms with Crippen molar-refractivity contribution in [1.82, 2.24) is 4.90 Å².